The molecule has 0 saturated carbocycles. The van der Waals surface area contributed by atoms with Crippen LogP contribution in [0.25, 0.3) is 0 Å². The van der Waals surface area contributed by atoms with Crippen molar-refractivity contribution in [3.05, 3.63) is 29.3 Å². The summed E-state index contributed by atoms with van der Waals surface area (Å²) in [5, 5.41) is 9.16. The number of hydrogen-bond acceptors (Lipinski definition) is 2. The maximum Gasteiger partial charge on any atom is 0.419 e. The molecule has 2 nitrogen and oxygen atoms in total. The molecule has 0 unspecified atom stereocenters. The second kappa shape index (κ2) is 4.56. The van der Waals surface area contributed by atoms with Gasteiger partial charge in [-0.05, 0) is 17.7 Å². The second-order valence-electron chi connectivity index (χ2n) is 4.45. The lowest BCUT2D eigenvalue weighted by molar-refractivity contribution is -0.138. The molecule has 0 spiro atoms. The molecular formula is C12H15F3O2. The van der Waals surface area contributed by atoms with Crippen molar-refractivity contribution in [2.75, 3.05) is 13.7 Å². The fourth-order valence-corrected chi connectivity index (χ4v) is 1.44. The zero-order chi connectivity index (χ0) is 13.3. The molecule has 0 aliphatic rings. The van der Waals surface area contributed by atoms with Crippen LogP contribution < -0.4 is 4.74 Å². The van der Waals surface area contributed by atoms with Crippen molar-refractivity contribution in [1.29, 1.82) is 0 Å². The van der Waals surface area contributed by atoms with Crippen LogP contribution >= 0.6 is 0 Å². The van der Waals surface area contributed by atoms with E-state index in [0.717, 1.165) is 6.07 Å². The minimum Gasteiger partial charge on any atom is -0.496 e. The van der Waals surface area contributed by atoms with Crippen molar-refractivity contribution in [2.24, 2.45) is 0 Å². The van der Waals surface area contributed by atoms with E-state index in [1.54, 1.807) is 13.8 Å². The van der Waals surface area contributed by atoms with Crippen LogP contribution in [-0.2, 0) is 11.6 Å². The zero-order valence-electron chi connectivity index (χ0n) is 9.93. The van der Waals surface area contributed by atoms with Gasteiger partial charge in [0, 0.05) is 5.41 Å². The van der Waals surface area contributed by atoms with Crippen LogP contribution in [-0.4, -0.2) is 18.8 Å². The largest absolute Gasteiger partial charge is 0.496 e. The molecule has 0 aliphatic carbocycles. The molecule has 1 N–H and O–H groups in total. The summed E-state index contributed by atoms with van der Waals surface area (Å²) in [6.45, 7) is 3.13. The number of alkyl halides is 3. The predicted molar refractivity (Wildman–Crippen MR) is 58.1 cm³/mol. The number of methoxy groups -OCH3 is 1. The first-order valence-electron chi connectivity index (χ1n) is 5.09. The third-order valence-electron chi connectivity index (χ3n) is 2.68. The van der Waals surface area contributed by atoms with Crippen molar-refractivity contribution in [2.45, 2.75) is 25.4 Å². The molecule has 0 radical (unpaired) electrons. The second-order valence-corrected chi connectivity index (χ2v) is 4.45. The van der Waals surface area contributed by atoms with Gasteiger partial charge in [-0.15, -0.1) is 0 Å². The Hall–Kier alpha value is -1.23. The maximum atomic E-state index is 12.8. The molecule has 1 aromatic rings. The van der Waals surface area contributed by atoms with Gasteiger partial charge in [-0.25, -0.2) is 0 Å². The number of aliphatic hydroxyl groups excluding tert-OH is 1. The van der Waals surface area contributed by atoms with Crippen LogP contribution in [0.1, 0.15) is 25.0 Å². The van der Waals surface area contributed by atoms with Gasteiger partial charge in [-0.1, -0.05) is 19.9 Å². The van der Waals surface area contributed by atoms with E-state index in [2.05, 4.69) is 0 Å². The molecule has 0 saturated heterocycles. The molecule has 0 aliphatic heterocycles. The summed E-state index contributed by atoms with van der Waals surface area (Å²) >= 11 is 0. The predicted octanol–water partition coefficient (Wildman–Crippen LogP) is 2.98. The lowest BCUT2D eigenvalue weighted by Crippen LogP contribution is -2.23. The molecule has 0 aromatic heterocycles. The Labute approximate surface area is 98.0 Å². The van der Waals surface area contributed by atoms with Crippen LogP contribution in [0, 0.1) is 0 Å². The number of ether oxygens (including phenoxy) is 1. The van der Waals surface area contributed by atoms with Crippen LogP contribution in [0.15, 0.2) is 18.2 Å². The highest BCUT2D eigenvalue weighted by Gasteiger charge is 2.35. The SMILES string of the molecule is COc1ccc(C(C)(C)CO)cc1C(F)(F)F. The number of halogens is 3. The van der Waals surface area contributed by atoms with Gasteiger partial charge in [0.1, 0.15) is 5.75 Å². The highest BCUT2D eigenvalue weighted by molar-refractivity contribution is 5.41. The van der Waals surface area contributed by atoms with E-state index in [0.29, 0.717) is 5.56 Å². The van der Waals surface area contributed by atoms with E-state index in [9.17, 15) is 13.2 Å². The first-order chi connectivity index (χ1) is 7.72. The molecule has 96 valence electrons. The Balaban J connectivity index is 3.33. The third-order valence-corrected chi connectivity index (χ3v) is 2.68. The third kappa shape index (κ3) is 2.91. The van der Waals surface area contributed by atoms with Gasteiger partial charge in [-0.2, -0.15) is 13.2 Å². The summed E-state index contributed by atoms with van der Waals surface area (Å²) in [6.07, 6.45) is -4.47. The fraction of sp³-hybridized carbons (Fsp3) is 0.500. The molecule has 17 heavy (non-hydrogen) atoms. The quantitative estimate of drug-likeness (QED) is 0.891. The van der Waals surface area contributed by atoms with E-state index < -0.39 is 17.2 Å². The molecule has 5 heteroatoms. The van der Waals surface area contributed by atoms with Gasteiger partial charge in [0.05, 0.1) is 19.3 Å². The molecule has 0 fully saturated rings. The summed E-state index contributed by atoms with van der Waals surface area (Å²) in [6, 6.07) is 3.83. The van der Waals surface area contributed by atoms with Crippen LogP contribution in [0.2, 0.25) is 0 Å². The fourth-order valence-electron chi connectivity index (χ4n) is 1.44. The van der Waals surface area contributed by atoms with Crippen LogP contribution in [0.5, 0.6) is 5.75 Å². The number of hydrogen-bond donors (Lipinski definition) is 1. The van der Waals surface area contributed by atoms with E-state index >= 15 is 0 Å². The first-order valence-corrected chi connectivity index (χ1v) is 5.09. The minimum atomic E-state index is -4.47. The van der Waals surface area contributed by atoms with Gasteiger partial charge in [0.2, 0.25) is 0 Å². The molecule has 1 rings (SSSR count). The summed E-state index contributed by atoms with van der Waals surface area (Å²) in [5.41, 5.74) is -1.11. The first kappa shape index (κ1) is 13.8. The van der Waals surface area contributed by atoms with Gasteiger partial charge in [-0.3, -0.25) is 0 Å². The van der Waals surface area contributed by atoms with E-state index in [-0.39, 0.29) is 12.4 Å². The van der Waals surface area contributed by atoms with E-state index in [1.807, 2.05) is 0 Å². The van der Waals surface area contributed by atoms with E-state index in [1.165, 1.54) is 19.2 Å². The lowest BCUT2D eigenvalue weighted by Gasteiger charge is -2.24. The molecular weight excluding hydrogens is 233 g/mol. The topological polar surface area (TPSA) is 29.5 Å². The van der Waals surface area contributed by atoms with E-state index in [4.69, 9.17) is 9.84 Å². The summed E-state index contributed by atoms with van der Waals surface area (Å²) in [4.78, 5) is 0. The Morgan fingerprint density at radius 3 is 2.24 bits per heavy atom. The van der Waals surface area contributed by atoms with Gasteiger partial charge in [0.25, 0.3) is 0 Å². The number of benzene rings is 1. The van der Waals surface area contributed by atoms with Gasteiger partial charge >= 0.3 is 6.18 Å². The Kier molecular flexibility index (Phi) is 3.71. The highest BCUT2D eigenvalue weighted by atomic mass is 19.4. The molecule has 0 amide bonds. The number of rotatable bonds is 3. The van der Waals surface area contributed by atoms with Crippen molar-refractivity contribution < 1.29 is 23.0 Å². The monoisotopic (exact) mass is 248 g/mol. The van der Waals surface area contributed by atoms with Crippen molar-refractivity contribution in [3.8, 4) is 5.75 Å². The molecule has 0 bridgehead atoms. The van der Waals surface area contributed by atoms with Crippen molar-refractivity contribution >= 4 is 0 Å². The van der Waals surface area contributed by atoms with Gasteiger partial charge in [0.15, 0.2) is 0 Å². The highest BCUT2D eigenvalue weighted by Crippen LogP contribution is 2.38. The Morgan fingerprint density at radius 2 is 1.82 bits per heavy atom. The van der Waals surface area contributed by atoms with Crippen molar-refractivity contribution in [3.63, 3.8) is 0 Å². The zero-order valence-corrected chi connectivity index (χ0v) is 9.93. The summed E-state index contributed by atoms with van der Waals surface area (Å²) in [5.74, 6) is -0.213. The normalized spacial score (nSPS) is 12.6. The summed E-state index contributed by atoms with van der Waals surface area (Å²) in [7, 11) is 1.20. The Morgan fingerprint density at radius 1 is 1.24 bits per heavy atom. The standard InChI is InChI=1S/C12H15F3O2/c1-11(2,7-16)8-4-5-10(17-3)9(6-8)12(13,14)15/h4-6,16H,7H2,1-3H3. The average Bonchev–Trinajstić information content (AvgIpc) is 2.27. The van der Waals surface area contributed by atoms with Gasteiger partial charge < -0.3 is 9.84 Å². The van der Waals surface area contributed by atoms with Crippen molar-refractivity contribution in [1.82, 2.24) is 0 Å². The molecule has 1 aromatic carbocycles. The molecule has 0 heterocycles. The maximum absolute atomic E-state index is 12.8. The smallest absolute Gasteiger partial charge is 0.419 e. The van der Waals surface area contributed by atoms with Crippen LogP contribution in [0.4, 0.5) is 13.2 Å². The minimum absolute atomic E-state index is 0.213. The average molecular weight is 248 g/mol. The Bertz CT molecular complexity index is 397. The van der Waals surface area contributed by atoms with Crippen LogP contribution in [0.3, 0.4) is 0 Å². The summed E-state index contributed by atoms with van der Waals surface area (Å²) < 4.78 is 43.0. The molecule has 0 atom stereocenters. The number of aliphatic hydroxyl groups is 1. The lowest BCUT2D eigenvalue weighted by atomic mass is 9.84.